The fourth-order valence-electron chi connectivity index (χ4n) is 2.48. The van der Waals surface area contributed by atoms with Crippen molar-refractivity contribution in [1.29, 1.82) is 0 Å². The number of amides is 1. The summed E-state index contributed by atoms with van der Waals surface area (Å²) in [5, 5.41) is 0.573. The first kappa shape index (κ1) is 21.1. The summed E-state index contributed by atoms with van der Waals surface area (Å²) in [5.74, 6) is 0.0195. The molecule has 1 atom stereocenters. The molecular weight excluding hydrogens is 341 g/mol. The summed E-state index contributed by atoms with van der Waals surface area (Å²) in [7, 11) is 0. The van der Waals surface area contributed by atoms with Crippen LogP contribution in [-0.4, -0.2) is 22.7 Å². The van der Waals surface area contributed by atoms with Crippen LogP contribution in [0.2, 0.25) is 5.02 Å². The zero-order valence-corrected chi connectivity index (χ0v) is 16.3. The lowest BCUT2D eigenvalue weighted by Crippen LogP contribution is -2.30. The van der Waals surface area contributed by atoms with Gasteiger partial charge in [0, 0.05) is 29.6 Å². The molecule has 1 aromatic carbocycles. The summed E-state index contributed by atoms with van der Waals surface area (Å²) < 4.78 is 0. The van der Waals surface area contributed by atoms with Crippen LogP contribution < -0.4 is 0 Å². The summed E-state index contributed by atoms with van der Waals surface area (Å²) in [6.45, 7) is 5.44. The van der Waals surface area contributed by atoms with E-state index in [1.165, 1.54) is 32.1 Å². The van der Waals surface area contributed by atoms with Crippen molar-refractivity contribution in [3.05, 3.63) is 47.0 Å². The van der Waals surface area contributed by atoms with Crippen LogP contribution >= 0.6 is 23.2 Å². The molecule has 0 spiro atoms. The minimum atomic E-state index is -0.139. The Morgan fingerprint density at radius 1 is 1.12 bits per heavy atom. The molecule has 0 aliphatic rings. The Bertz CT molecular complexity index is 497. The van der Waals surface area contributed by atoms with Gasteiger partial charge in [-0.15, -0.1) is 11.6 Å². The van der Waals surface area contributed by atoms with E-state index < -0.39 is 0 Å². The third-order valence-electron chi connectivity index (χ3n) is 3.88. The van der Waals surface area contributed by atoms with Gasteiger partial charge >= 0.3 is 0 Å². The number of halogens is 2. The van der Waals surface area contributed by atoms with E-state index in [-0.39, 0.29) is 11.3 Å². The fourth-order valence-corrected chi connectivity index (χ4v) is 2.68. The molecule has 0 saturated carbocycles. The first-order chi connectivity index (χ1) is 11.5. The lowest BCUT2D eigenvalue weighted by Gasteiger charge is -2.21. The second-order valence-corrected chi connectivity index (χ2v) is 7.32. The minimum Gasteiger partial charge on any atom is -0.335 e. The van der Waals surface area contributed by atoms with Gasteiger partial charge in [-0.25, -0.2) is 0 Å². The smallest absolute Gasteiger partial charge is 0.246 e. The Morgan fingerprint density at radius 2 is 1.75 bits per heavy atom. The molecule has 1 rings (SSSR count). The summed E-state index contributed by atoms with van der Waals surface area (Å²) in [6, 6.07) is 7.66. The standard InChI is InChI=1S/C20H29Cl2NO/c1-3-4-5-6-7-8-15-23(20(24)14-9-17(2)21)16-18-10-12-19(22)13-11-18/h9-14,17H,3-8,15-16H2,1-2H3/b14-9+. The second kappa shape index (κ2) is 12.4. The van der Waals surface area contributed by atoms with Crippen molar-refractivity contribution in [2.75, 3.05) is 6.54 Å². The predicted molar refractivity (Wildman–Crippen MR) is 105 cm³/mol. The molecule has 0 N–H and O–H groups in total. The fraction of sp³-hybridized carbons (Fsp3) is 0.550. The number of rotatable bonds is 11. The zero-order chi connectivity index (χ0) is 17.8. The quantitative estimate of drug-likeness (QED) is 0.257. The van der Waals surface area contributed by atoms with Gasteiger partial charge in [-0.1, -0.05) is 68.8 Å². The number of allylic oxidation sites excluding steroid dienone is 1. The van der Waals surface area contributed by atoms with E-state index in [9.17, 15) is 4.79 Å². The average Bonchev–Trinajstić information content (AvgIpc) is 2.56. The van der Waals surface area contributed by atoms with Crippen molar-refractivity contribution < 1.29 is 4.79 Å². The van der Waals surface area contributed by atoms with Gasteiger partial charge in [0.15, 0.2) is 0 Å². The van der Waals surface area contributed by atoms with Crippen LogP contribution in [0.3, 0.4) is 0 Å². The monoisotopic (exact) mass is 369 g/mol. The summed E-state index contributed by atoms with van der Waals surface area (Å²) in [5.41, 5.74) is 1.09. The van der Waals surface area contributed by atoms with E-state index in [2.05, 4.69) is 6.92 Å². The number of hydrogen-bond acceptors (Lipinski definition) is 1. The number of alkyl halides is 1. The molecule has 134 valence electrons. The molecule has 1 aromatic rings. The third kappa shape index (κ3) is 9.34. The highest BCUT2D eigenvalue weighted by Gasteiger charge is 2.11. The highest BCUT2D eigenvalue weighted by atomic mass is 35.5. The zero-order valence-electron chi connectivity index (χ0n) is 14.8. The second-order valence-electron chi connectivity index (χ2n) is 6.19. The molecule has 4 heteroatoms. The van der Waals surface area contributed by atoms with Crippen LogP contribution in [0.4, 0.5) is 0 Å². The molecule has 0 heterocycles. The average molecular weight is 370 g/mol. The van der Waals surface area contributed by atoms with E-state index in [4.69, 9.17) is 23.2 Å². The maximum Gasteiger partial charge on any atom is 0.246 e. The lowest BCUT2D eigenvalue weighted by molar-refractivity contribution is -0.126. The van der Waals surface area contributed by atoms with E-state index in [0.29, 0.717) is 11.6 Å². The summed E-state index contributed by atoms with van der Waals surface area (Å²) >= 11 is 11.8. The van der Waals surface area contributed by atoms with Gasteiger partial charge in [-0.2, -0.15) is 0 Å². The molecule has 2 nitrogen and oxygen atoms in total. The van der Waals surface area contributed by atoms with Crippen LogP contribution in [0.5, 0.6) is 0 Å². The van der Waals surface area contributed by atoms with Crippen LogP contribution in [0.15, 0.2) is 36.4 Å². The lowest BCUT2D eigenvalue weighted by atomic mass is 10.1. The number of unbranched alkanes of at least 4 members (excludes halogenated alkanes) is 5. The van der Waals surface area contributed by atoms with Crippen molar-refractivity contribution in [3.8, 4) is 0 Å². The normalized spacial score (nSPS) is 12.5. The maximum absolute atomic E-state index is 12.4. The molecular formula is C20H29Cl2NO. The van der Waals surface area contributed by atoms with E-state index in [0.717, 1.165) is 18.5 Å². The molecule has 0 bridgehead atoms. The molecule has 0 aliphatic carbocycles. The minimum absolute atomic E-state index is 0.0195. The number of carbonyl (C=O) groups is 1. The van der Waals surface area contributed by atoms with Crippen molar-refractivity contribution >= 4 is 29.1 Å². The van der Waals surface area contributed by atoms with Crippen LogP contribution in [0.25, 0.3) is 0 Å². The van der Waals surface area contributed by atoms with Crippen LogP contribution in [0.1, 0.15) is 57.9 Å². The van der Waals surface area contributed by atoms with Gasteiger partial charge in [-0.3, -0.25) is 4.79 Å². The SMILES string of the molecule is CCCCCCCCN(Cc1ccc(Cl)cc1)C(=O)/C=C/C(C)Cl. The first-order valence-electron chi connectivity index (χ1n) is 8.88. The highest BCUT2D eigenvalue weighted by molar-refractivity contribution is 6.30. The molecule has 0 aliphatic heterocycles. The molecule has 0 aromatic heterocycles. The Labute approximate surface area is 156 Å². The first-order valence-corrected chi connectivity index (χ1v) is 9.70. The van der Waals surface area contributed by atoms with Crippen LogP contribution in [-0.2, 0) is 11.3 Å². The van der Waals surface area contributed by atoms with Crippen molar-refractivity contribution in [2.24, 2.45) is 0 Å². The molecule has 24 heavy (non-hydrogen) atoms. The molecule has 0 radical (unpaired) electrons. The van der Waals surface area contributed by atoms with E-state index >= 15 is 0 Å². The Kier molecular flexibility index (Phi) is 10.9. The van der Waals surface area contributed by atoms with Crippen molar-refractivity contribution in [1.82, 2.24) is 4.90 Å². The van der Waals surface area contributed by atoms with Gasteiger partial charge in [0.05, 0.1) is 0 Å². The summed E-state index contributed by atoms with van der Waals surface area (Å²) in [6.07, 6.45) is 10.6. The van der Waals surface area contributed by atoms with Gasteiger partial charge in [0.1, 0.15) is 0 Å². The summed E-state index contributed by atoms with van der Waals surface area (Å²) in [4.78, 5) is 14.3. The Hall–Kier alpha value is -0.990. The number of carbonyl (C=O) groups excluding carboxylic acids is 1. The van der Waals surface area contributed by atoms with Crippen LogP contribution in [0, 0.1) is 0 Å². The number of hydrogen-bond donors (Lipinski definition) is 0. The topological polar surface area (TPSA) is 20.3 Å². The van der Waals surface area contributed by atoms with E-state index in [1.807, 2.05) is 36.1 Å². The largest absolute Gasteiger partial charge is 0.335 e. The Morgan fingerprint density at radius 3 is 2.38 bits per heavy atom. The van der Waals surface area contributed by atoms with Gasteiger partial charge < -0.3 is 4.90 Å². The highest BCUT2D eigenvalue weighted by Crippen LogP contribution is 2.13. The number of nitrogens with zero attached hydrogens (tertiary/aromatic N) is 1. The predicted octanol–water partition coefficient (Wildman–Crippen LogP) is 6.21. The van der Waals surface area contributed by atoms with Gasteiger partial charge in [0.25, 0.3) is 0 Å². The van der Waals surface area contributed by atoms with Gasteiger partial charge in [0.2, 0.25) is 5.91 Å². The van der Waals surface area contributed by atoms with Gasteiger partial charge in [-0.05, 0) is 31.0 Å². The Balaban J connectivity index is 2.58. The number of benzene rings is 1. The molecule has 1 unspecified atom stereocenters. The van der Waals surface area contributed by atoms with E-state index in [1.54, 1.807) is 12.2 Å². The molecule has 1 amide bonds. The third-order valence-corrected chi connectivity index (χ3v) is 4.28. The molecule has 0 fully saturated rings. The molecule has 0 saturated heterocycles. The van der Waals surface area contributed by atoms with Crippen molar-refractivity contribution in [2.45, 2.75) is 64.3 Å². The maximum atomic E-state index is 12.4. The van der Waals surface area contributed by atoms with Crippen molar-refractivity contribution in [3.63, 3.8) is 0 Å².